The van der Waals surface area contributed by atoms with Crippen LogP contribution in [0.1, 0.15) is 38.1 Å². The highest BCUT2D eigenvalue weighted by molar-refractivity contribution is 7.89. The van der Waals surface area contributed by atoms with E-state index in [1.54, 1.807) is 13.8 Å². The van der Waals surface area contributed by atoms with Crippen LogP contribution >= 0.6 is 0 Å². The molecule has 0 saturated carbocycles. The lowest BCUT2D eigenvalue weighted by Crippen LogP contribution is -2.63. The van der Waals surface area contributed by atoms with Crippen molar-refractivity contribution >= 4 is 21.8 Å². The van der Waals surface area contributed by atoms with E-state index < -0.39 is 15.6 Å². The third kappa shape index (κ3) is 3.78. The molecule has 2 aliphatic rings. The number of carbonyl (C=O) groups excluding carboxylic acids is 2. The average molecular weight is 410 g/mol. The Kier molecular flexibility index (Phi) is 5.53. The molecule has 0 radical (unpaired) electrons. The number of morpholine rings is 1. The third-order valence-corrected chi connectivity index (χ3v) is 7.07. The fourth-order valence-electron chi connectivity index (χ4n) is 3.66. The summed E-state index contributed by atoms with van der Waals surface area (Å²) in [6.45, 7) is 8.47. The van der Waals surface area contributed by atoms with Gasteiger partial charge >= 0.3 is 0 Å². The zero-order valence-corrected chi connectivity index (χ0v) is 17.5. The lowest BCUT2D eigenvalue weighted by molar-refractivity contribution is -0.133. The molecule has 2 atom stereocenters. The van der Waals surface area contributed by atoms with Crippen LogP contribution in [-0.4, -0.2) is 73.4 Å². The summed E-state index contributed by atoms with van der Waals surface area (Å²) in [5.74, 6) is -0.501. The highest BCUT2D eigenvalue weighted by Gasteiger charge is 2.40. The van der Waals surface area contributed by atoms with Gasteiger partial charge in [-0.2, -0.15) is 4.31 Å². The van der Waals surface area contributed by atoms with Crippen LogP contribution in [-0.2, 0) is 19.6 Å². The molecule has 2 fully saturated rings. The molecule has 2 aliphatic heterocycles. The summed E-state index contributed by atoms with van der Waals surface area (Å²) in [7, 11) is -3.66. The molecule has 154 valence electrons. The van der Waals surface area contributed by atoms with Gasteiger partial charge in [0.05, 0.1) is 17.1 Å². The van der Waals surface area contributed by atoms with Gasteiger partial charge in [0, 0.05) is 31.7 Å². The lowest BCUT2D eigenvalue weighted by atomic mass is 9.97. The quantitative estimate of drug-likeness (QED) is 0.798. The van der Waals surface area contributed by atoms with Crippen molar-refractivity contribution in [1.29, 1.82) is 0 Å². The third-order valence-electron chi connectivity index (χ3n) is 5.22. The van der Waals surface area contributed by atoms with E-state index in [1.807, 2.05) is 13.8 Å². The molecule has 9 heteroatoms. The average Bonchev–Trinajstić information content (AvgIpc) is 2.63. The van der Waals surface area contributed by atoms with Gasteiger partial charge in [0.2, 0.25) is 15.9 Å². The maximum atomic E-state index is 12.9. The molecular formula is C19H27N3O5S. The molecule has 0 bridgehead atoms. The van der Waals surface area contributed by atoms with E-state index >= 15 is 0 Å². The summed E-state index contributed by atoms with van der Waals surface area (Å²) in [6.07, 6.45) is -0.348. The lowest BCUT2D eigenvalue weighted by Gasteiger charge is -2.41. The molecule has 2 saturated heterocycles. The topological polar surface area (TPSA) is 96.0 Å². The summed E-state index contributed by atoms with van der Waals surface area (Å²) >= 11 is 0. The van der Waals surface area contributed by atoms with Gasteiger partial charge in [-0.05, 0) is 52.0 Å². The van der Waals surface area contributed by atoms with E-state index in [0.29, 0.717) is 31.7 Å². The van der Waals surface area contributed by atoms with Crippen LogP contribution in [0.2, 0.25) is 0 Å². The monoisotopic (exact) mass is 409 g/mol. The molecule has 1 aromatic rings. The van der Waals surface area contributed by atoms with Crippen LogP contribution in [0.4, 0.5) is 0 Å². The first kappa shape index (κ1) is 20.8. The minimum atomic E-state index is -3.66. The first-order valence-electron chi connectivity index (χ1n) is 9.39. The van der Waals surface area contributed by atoms with Crippen LogP contribution in [0.15, 0.2) is 29.2 Å². The maximum Gasteiger partial charge on any atom is 0.254 e. The molecule has 1 aromatic carbocycles. The van der Waals surface area contributed by atoms with E-state index in [9.17, 15) is 18.0 Å². The number of amides is 2. The normalized spacial score (nSPS) is 26.0. The summed E-state index contributed by atoms with van der Waals surface area (Å²) in [6, 6.07) is 5.91. The van der Waals surface area contributed by atoms with Crippen LogP contribution in [0.3, 0.4) is 0 Å². The smallest absolute Gasteiger partial charge is 0.254 e. The van der Waals surface area contributed by atoms with Gasteiger partial charge in [0.15, 0.2) is 0 Å². The Morgan fingerprint density at radius 2 is 1.71 bits per heavy atom. The van der Waals surface area contributed by atoms with Crippen molar-refractivity contribution in [3.8, 4) is 0 Å². The minimum Gasteiger partial charge on any atom is -0.373 e. The fourth-order valence-corrected chi connectivity index (χ4v) is 5.25. The molecular weight excluding hydrogens is 382 g/mol. The van der Waals surface area contributed by atoms with E-state index in [-0.39, 0.29) is 28.9 Å². The molecule has 3 rings (SSSR count). The highest BCUT2D eigenvalue weighted by Crippen LogP contribution is 2.24. The van der Waals surface area contributed by atoms with Gasteiger partial charge in [-0.3, -0.25) is 9.59 Å². The fraction of sp³-hybridized carbons (Fsp3) is 0.579. The first-order chi connectivity index (χ1) is 13.0. The van der Waals surface area contributed by atoms with E-state index in [1.165, 1.54) is 33.5 Å². The molecule has 0 aliphatic carbocycles. The van der Waals surface area contributed by atoms with Gasteiger partial charge in [-0.15, -0.1) is 0 Å². The zero-order chi connectivity index (χ0) is 20.7. The number of nitrogens with one attached hydrogen (secondary N) is 1. The van der Waals surface area contributed by atoms with Crippen molar-refractivity contribution < 1.29 is 22.7 Å². The Bertz CT molecular complexity index is 856. The molecule has 1 N–H and O–H groups in total. The predicted molar refractivity (Wildman–Crippen MR) is 103 cm³/mol. The van der Waals surface area contributed by atoms with Gasteiger partial charge in [0.1, 0.15) is 5.54 Å². The second-order valence-corrected chi connectivity index (χ2v) is 9.81. The van der Waals surface area contributed by atoms with Crippen molar-refractivity contribution in [3.63, 3.8) is 0 Å². The first-order valence-corrected chi connectivity index (χ1v) is 10.8. The number of piperazine rings is 1. The minimum absolute atomic E-state index is 0.140. The Labute approximate surface area is 165 Å². The summed E-state index contributed by atoms with van der Waals surface area (Å²) < 4.78 is 32.9. The largest absolute Gasteiger partial charge is 0.373 e. The number of nitrogens with zero attached hydrogens (tertiary/aromatic N) is 2. The standard InChI is InChI=1S/C19H27N3O5S/c1-13-11-21(12-14(2)27-13)28(25,26)16-7-5-15(6-8-16)17(23)22-10-9-20-18(24)19(22,3)4/h5-8,13-14H,9-12H2,1-4H3,(H,20,24). The number of carbonyl (C=O) groups is 2. The number of rotatable bonds is 3. The highest BCUT2D eigenvalue weighted by atomic mass is 32.2. The van der Waals surface area contributed by atoms with Gasteiger partial charge in [-0.25, -0.2) is 8.42 Å². The zero-order valence-electron chi connectivity index (χ0n) is 16.6. The maximum absolute atomic E-state index is 12.9. The van der Waals surface area contributed by atoms with Crippen LogP contribution in [0, 0.1) is 0 Å². The molecule has 2 unspecified atom stereocenters. The van der Waals surface area contributed by atoms with Crippen LogP contribution in [0.5, 0.6) is 0 Å². The Morgan fingerprint density at radius 3 is 2.29 bits per heavy atom. The predicted octanol–water partition coefficient (Wildman–Crippen LogP) is 0.835. The molecule has 2 heterocycles. The van der Waals surface area contributed by atoms with E-state index in [2.05, 4.69) is 5.32 Å². The van der Waals surface area contributed by atoms with Crippen molar-refractivity contribution in [1.82, 2.24) is 14.5 Å². The van der Waals surface area contributed by atoms with Gasteiger partial charge < -0.3 is 15.0 Å². The number of sulfonamides is 1. The molecule has 8 nitrogen and oxygen atoms in total. The molecule has 28 heavy (non-hydrogen) atoms. The number of benzene rings is 1. The number of hydrogen-bond acceptors (Lipinski definition) is 5. The summed E-state index contributed by atoms with van der Waals surface area (Å²) in [5, 5.41) is 2.75. The second-order valence-electron chi connectivity index (χ2n) is 7.88. The number of ether oxygens (including phenoxy) is 1. The van der Waals surface area contributed by atoms with Crippen molar-refractivity contribution in [2.45, 2.75) is 50.3 Å². The second kappa shape index (κ2) is 7.46. The van der Waals surface area contributed by atoms with Gasteiger partial charge in [-0.1, -0.05) is 0 Å². The summed E-state index contributed by atoms with van der Waals surface area (Å²) in [5.41, 5.74) is -0.606. The Morgan fingerprint density at radius 1 is 1.14 bits per heavy atom. The Balaban J connectivity index is 1.81. The molecule has 0 aromatic heterocycles. The number of hydrogen-bond donors (Lipinski definition) is 1. The summed E-state index contributed by atoms with van der Waals surface area (Å²) in [4.78, 5) is 26.6. The van der Waals surface area contributed by atoms with Crippen LogP contribution < -0.4 is 5.32 Å². The van der Waals surface area contributed by atoms with Crippen molar-refractivity contribution in [2.75, 3.05) is 26.2 Å². The SMILES string of the molecule is CC1CN(S(=O)(=O)c2ccc(C(=O)N3CCNC(=O)C3(C)C)cc2)CC(C)O1. The molecule has 2 amide bonds. The van der Waals surface area contributed by atoms with E-state index in [0.717, 1.165) is 0 Å². The van der Waals surface area contributed by atoms with Crippen molar-refractivity contribution in [3.05, 3.63) is 29.8 Å². The Hall–Kier alpha value is -1.97. The molecule has 0 spiro atoms. The van der Waals surface area contributed by atoms with E-state index in [4.69, 9.17) is 4.74 Å². The van der Waals surface area contributed by atoms with Gasteiger partial charge in [0.25, 0.3) is 5.91 Å². The van der Waals surface area contributed by atoms with Crippen LogP contribution in [0.25, 0.3) is 0 Å². The van der Waals surface area contributed by atoms with Crippen molar-refractivity contribution in [2.24, 2.45) is 0 Å².